The Balaban J connectivity index is 2.19. The lowest BCUT2D eigenvalue weighted by molar-refractivity contribution is 0.479. The van der Waals surface area contributed by atoms with Gasteiger partial charge in [-0.15, -0.1) is 0 Å². The molecule has 0 aliphatic heterocycles. The molecule has 0 saturated heterocycles. The van der Waals surface area contributed by atoms with E-state index in [1.54, 1.807) is 0 Å². The Morgan fingerprint density at radius 3 is 2.24 bits per heavy atom. The van der Waals surface area contributed by atoms with E-state index in [-0.39, 0.29) is 0 Å². The highest BCUT2D eigenvalue weighted by atomic mass is 79.9. The first-order chi connectivity index (χ1) is 8.19. The van der Waals surface area contributed by atoms with Crippen molar-refractivity contribution in [3.8, 4) is 11.5 Å². The largest absolute Gasteiger partial charge is 0.456 e. The second kappa shape index (κ2) is 6.03. The third-order valence-electron chi connectivity index (χ3n) is 2.20. The first-order valence-corrected chi connectivity index (χ1v) is 7.67. The predicted octanol–water partition coefficient (Wildman–Crippen LogP) is 5.90. The number of alkyl halides is 1. The lowest BCUT2D eigenvalue weighted by Crippen LogP contribution is -1.86. The Morgan fingerprint density at radius 1 is 0.941 bits per heavy atom. The maximum Gasteiger partial charge on any atom is 0.141 e. The summed E-state index contributed by atoms with van der Waals surface area (Å²) in [4.78, 5) is 0. The van der Waals surface area contributed by atoms with Gasteiger partial charge in [0.05, 0.1) is 4.47 Å². The highest BCUT2D eigenvalue weighted by molar-refractivity contribution is 9.11. The molecule has 2 rings (SSSR count). The van der Waals surface area contributed by atoms with Crippen LogP contribution < -0.4 is 4.74 Å². The third-order valence-corrected chi connectivity index (χ3v) is 3.96. The van der Waals surface area contributed by atoms with Gasteiger partial charge in [0.2, 0.25) is 0 Å². The minimum absolute atomic E-state index is 0.805. The molecular formula is C13H9Br3O. The zero-order valence-electron chi connectivity index (χ0n) is 8.79. The van der Waals surface area contributed by atoms with Gasteiger partial charge in [-0.2, -0.15) is 0 Å². The molecule has 0 spiro atoms. The van der Waals surface area contributed by atoms with Gasteiger partial charge >= 0.3 is 0 Å². The van der Waals surface area contributed by atoms with E-state index in [1.807, 2.05) is 42.5 Å². The molecule has 0 aromatic heterocycles. The number of ether oxygens (including phenoxy) is 1. The predicted molar refractivity (Wildman–Crippen MR) is 81.0 cm³/mol. The Kier molecular flexibility index (Phi) is 4.65. The van der Waals surface area contributed by atoms with Crippen molar-refractivity contribution in [2.45, 2.75) is 5.33 Å². The van der Waals surface area contributed by atoms with Crippen LogP contribution in [-0.2, 0) is 5.33 Å². The molecule has 2 aromatic rings. The van der Waals surface area contributed by atoms with Gasteiger partial charge in [-0.1, -0.05) is 44.0 Å². The van der Waals surface area contributed by atoms with Crippen molar-refractivity contribution in [2.75, 3.05) is 0 Å². The van der Waals surface area contributed by atoms with Gasteiger partial charge in [0.15, 0.2) is 0 Å². The molecule has 0 N–H and O–H groups in total. The summed E-state index contributed by atoms with van der Waals surface area (Å²) in [7, 11) is 0. The van der Waals surface area contributed by atoms with Crippen LogP contribution in [0.3, 0.4) is 0 Å². The number of hydrogen-bond acceptors (Lipinski definition) is 1. The van der Waals surface area contributed by atoms with E-state index in [0.717, 1.165) is 25.8 Å². The van der Waals surface area contributed by atoms with Crippen LogP contribution in [0.4, 0.5) is 0 Å². The summed E-state index contributed by atoms with van der Waals surface area (Å²) in [5.74, 6) is 1.64. The molecule has 0 saturated carbocycles. The average Bonchev–Trinajstić information content (AvgIpc) is 2.34. The SMILES string of the molecule is BrCc1ccc(Oc2ccc(Br)cc2Br)cc1. The highest BCUT2D eigenvalue weighted by Crippen LogP contribution is 2.32. The molecule has 1 nitrogen and oxygen atoms in total. The molecule has 0 atom stereocenters. The van der Waals surface area contributed by atoms with Gasteiger partial charge in [0.1, 0.15) is 11.5 Å². The fourth-order valence-electron chi connectivity index (χ4n) is 1.33. The molecule has 0 amide bonds. The highest BCUT2D eigenvalue weighted by Gasteiger charge is 2.03. The molecule has 0 fully saturated rings. The molecule has 4 heteroatoms. The Hall–Kier alpha value is -0.320. The molecule has 0 bridgehead atoms. The van der Waals surface area contributed by atoms with Gasteiger partial charge < -0.3 is 4.74 Å². The first kappa shape index (κ1) is 13.1. The van der Waals surface area contributed by atoms with Gasteiger partial charge in [-0.25, -0.2) is 0 Å². The Labute approximate surface area is 126 Å². The maximum atomic E-state index is 5.78. The summed E-state index contributed by atoms with van der Waals surface area (Å²) < 4.78 is 7.73. The Morgan fingerprint density at radius 2 is 1.65 bits per heavy atom. The van der Waals surface area contributed by atoms with Crippen molar-refractivity contribution >= 4 is 47.8 Å². The maximum absolute atomic E-state index is 5.78. The molecule has 0 aliphatic rings. The fraction of sp³-hybridized carbons (Fsp3) is 0.0769. The van der Waals surface area contributed by atoms with Gasteiger partial charge in [0.25, 0.3) is 0 Å². The van der Waals surface area contributed by atoms with Crippen LogP contribution in [0, 0.1) is 0 Å². The standard InChI is InChI=1S/C13H9Br3O/c14-8-9-1-4-11(5-2-9)17-13-6-3-10(15)7-12(13)16/h1-7H,8H2. The summed E-state index contributed by atoms with van der Waals surface area (Å²) in [6, 6.07) is 13.8. The molecular weight excluding hydrogens is 412 g/mol. The number of halogens is 3. The summed E-state index contributed by atoms with van der Waals surface area (Å²) >= 11 is 10.3. The van der Waals surface area contributed by atoms with Crippen LogP contribution in [0.5, 0.6) is 11.5 Å². The smallest absolute Gasteiger partial charge is 0.141 e. The van der Waals surface area contributed by atoms with Crippen molar-refractivity contribution < 1.29 is 4.74 Å². The van der Waals surface area contributed by atoms with E-state index in [1.165, 1.54) is 5.56 Å². The number of benzene rings is 2. The van der Waals surface area contributed by atoms with Crippen molar-refractivity contribution in [2.24, 2.45) is 0 Å². The van der Waals surface area contributed by atoms with Crippen molar-refractivity contribution in [1.82, 2.24) is 0 Å². The normalized spacial score (nSPS) is 10.3. The van der Waals surface area contributed by atoms with Crippen LogP contribution in [0.2, 0.25) is 0 Å². The average molecular weight is 421 g/mol. The van der Waals surface area contributed by atoms with Crippen molar-refractivity contribution in [3.63, 3.8) is 0 Å². The second-order valence-electron chi connectivity index (χ2n) is 3.45. The summed E-state index contributed by atoms with van der Waals surface area (Å²) in [6.45, 7) is 0. The van der Waals surface area contributed by atoms with Crippen LogP contribution in [0.1, 0.15) is 5.56 Å². The quantitative estimate of drug-likeness (QED) is 0.562. The second-order valence-corrected chi connectivity index (χ2v) is 5.79. The minimum Gasteiger partial charge on any atom is -0.456 e. The Bertz CT molecular complexity index is 509. The van der Waals surface area contributed by atoms with Gasteiger partial charge in [-0.3, -0.25) is 0 Å². The molecule has 88 valence electrons. The monoisotopic (exact) mass is 418 g/mol. The summed E-state index contributed by atoms with van der Waals surface area (Å²) in [6.07, 6.45) is 0. The zero-order valence-corrected chi connectivity index (χ0v) is 13.5. The lowest BCUT2D eigenvalue weighted by atomic mass is 10.2. The fourth-order valence-corrected chi connectivity index (χ4v) is 2.83. The van der Waals surface area contributed by atoms with E-state index >= 15 is 0 Å². The topological polar surface area (TPSA) is 9.23 Å². The van der Waals surface area contributed by atoms with E-state index in [9.17, 15) is 0 Å². The van der Waals surface area contributed by atoms with Gasteiger partial charge in [-0.05, 0) is 51.8 Å². The first-order valence-electron chi connectivity index (χ1n) is 4.97. The van der Waals surface area contributed by atoms with E-state index in [4.69, 9.17) is 4.74 Å². The summed E-state index contributed by atoms with van der Waals surface area (Å²) in [5, 5.41) is 0.856. The van der Waals surface area contributed by atoms with E-state index in [0.29, 0.717) is 0 Å². The number of hydrogen-bond donors (Lipinski definition) is 0. The third kappa shape index (κ3) is 3.57. The lowest BCUT2D eigenvalue weighted by Gasteiger charge is -2.08. The van der Waals surface area contributed by atoms with E-state index in [2.05, 4.69) is 47.8 Å². The molecule has 0 heterocycles. The minimum atomic E-state index is 0.805. The van der Waals surface area contributed by atoms with Crippen LogP contribution >= 0.6 is 47.8 Å². The molecule has 17 heavy (non-hydrogen) atoms. The zero-order chi connectivity index (χ0) is 12.3. The van der Waals surface area contributed by atoms with Crippen molar-refractivity contribution in [3.05, 3.63) is 57.0 Å². The van der Waals surface area contributed by atoms with Crippen LogP contribution in [-0.4, -0.2) is 0 Å². The van der Waals surface area contributed by atoms with E-state index < -0.39 is 0 Å². The van der Waals surface area contributed by atoms with Crippen LogP contribution in [0.15, 0.2) is 51.4 Å². The molecule has 0 radical (unpaired) electrons. The number of rotatable bonds is 3. The van der Waals surface area contributed by atoms with Crippen molar-refractivity contribution in [1.29, 1.82) is 0 Å². The molecule has 2 aromatic carbocycles. The summed E-state index contributed by atoms with van der Waals surface area (Å²) in [5.41, 5.74) is 1.23. The molecule has 0 unspecified atom stereocenters. The van der Waals surface area contributed by atoms with Crippen LogP contribution in [0.25, 0.3) is 0 Å². The molecule has 0 aliphatic carbocycles. The van der Waals surface area contributed by atoms with Gasteiger partial charge in [0, 0.05) is 9.80 Å².